The van der Waals surface area contributed by atoms with Gasteiger partial charge in [-0.3, -0.25) is 0 Å². The zero-order chi connectivity index (χ0) is 18.4. The van der Waals surface area contributed by atoms with E-state index in [9.17, 15) is 9.90 Å². The summed E-state index contributed by atoms with van der Waals surface area (Å²) in [7, 11) is 0. The Morgan fingerprint density at radius 1 is 1.33 bits per heavy atom. The quantitative estimate of drug-likeness (QED) is 0.550. The number of nitrogens with zero attached hydrogens (tertiary/aromatic N) is 2. The minimum absolute atomic E-state index is 0.192. The molecule has 0 saturated heterocycles. The van der Waals surface area contributed by atoms with E-state index >= 15 is 0 Å². The highest BCUT2D eigenvalue weighted by Crippen LogP contribution is 2.43. The molecule has 138 valence electrons. The Morgan fingerprint density at radius 3 is 2.96 bits per heavy atom. The molecule has 4 N–H and O–H groups in total. The number of rotatable bonds is 5. The minimum atomic E-state index is -0.818. The summed E-state index contributed by atoms with van der Waals surface area (Å²) in [5.74, 6) is 0.110. The topological polar surface area (TPSA) is 112 Å². The highest BCUT2D eigenvalue weighted by molar-refractivity contribution is 6.06. The fourth-order valence-corrected chi connectivity index (χ4v) is 3.65. The van der Waals surface area contributed by atoms with Gasteiger partial charge in [0.15, 0.2) is 0 Å². The molecule has 0 spiro atoms. The third-order valence-corrected chi connectivity index (χ3v) is 5.08. The molecule has 3 heterocycles. The van der Waals surface area contributed by atoms with Gasteiger partial charge in [0.2, 0.25) is 0 Å². The van der Waals surface area contributed by atoms with Crippen molar-refractivity contribution >= 4 is 28.2 Å². The first-order chi connectivity index (χ1) is 13.2. The number of anilines is 2. The number of aliphatic carboxylic acids is 1. The zero-order valence-corrected chi connectivity index (χ0v) is 14.5. The molecule has 1 saturated carbocycles. The van der Waals surface area contributed by atoms with Gasteiger partial charge >= 0.3 is 5.97 Å². The van der Waals surface area contributed by atoms with E-state index in [1.54, 1.807) is 12.4 Å². The van der Waals surface area contributed by atoms with Gasteiger partial charge in [-0.2, -0.15) is 10.2 Å². The van der Waals surface area contributed by atoms with Gasteiger partial charge in [-0.25, -0.2) is 4.79 Å². The highest BCUT2D eigenvalue weighted by atomic mass is 16.5. The first-order valence-corrected chi connectivity index (χ1v) is 9.03. The van der Waals surface area contributed by atoms with Crippen LogP contribution in [-0.2, 0) is 4.79 Å². The maximum absolute atomic E-state index is 11.6. The third-order valence-electron chi connectivity index (χ3n) is 5.08. The number of carboxylic acid groups (broad SMARTS) is 1. The monoisotopic (exact) mass is 365 g/mol. The molecule has 0 amide bonds. The molecule has 1 aliphatic carbocycles. The number of nitrogens with one attached hydrogen (secondary N) is 3. The molecule has 1 aliphatic heterocycles. The summed E-state index contributed by atoms with van der Waals surface area (Å²) in [5.41, 5.74) is 4.43. The Hall–Kier alpha value is -3.29. The van der Waals surface area contributed by atoms with Crippen LogP contribution in [0.25, 0.3) is 22.2 Å². The molecule has 1 atom stereocenters. The summed E-state index contributed by atoms with van der Waals surface area (Å²) in [6.07, 6.45) is 5.26. The second kappa shape index (κ2) is 6.15. The lowest BCUT2D eigenvalue weighted by Crippen LogP contribution is -2.31. The zero-order valence-electron chi connectivity index (χ0n) is 14.5. The average Bonchev–Trinajstić information content (AvgIpc) is 3.47. The van der Waals surface area contributed by atoms with Gasteiger partial charge in [-0.1, -0.05) is 0 Å². The Labute approximate surface area is 154 Å². The van der Waals surface area contributed by atoms with E-state index in [4.69, 9.17) is 4.74 Å². The van der Waals surface area contributed by atoms with E-state index < -0.39 is 12.0 Å². The molecule has 8 heteroatoms. The van der Waals surface area contributed by atoms with Gasteiger partial charge < -0.3 is 25.5 Å². The van der Waals surface area contributed by atoms with Crippen LogP contribution >= 0.6 is 0 Å². The van der Waals surface area contributed by atoms with Crippen molar-refractivity contribution in [3.05, 3.63) is 30.6 Å². The van der Waals surface area contributed by atoms with Crippen molar-refractivity contribution in [2.24, 2.45) is 5.92 Å². The lowest BCUT2D eigenvalue weighted by atomic mass is 10.1. The summed E-state index contributed by atoms with van der Waals surface area (Å²) in [4.78, 5) is 15.0. The van der Waals surface area contributed by atoms with E-state index in [0.717, 1.165) is 52.1 Å². The predicted molar refractivity (Wildman–Crippen MR) is 101 cm³/mol. The number of hydrogen-bond acceptors (Lipinski definition) is 6. The van der Waals surface area contributed by atoms with Crippen molar-refractivity contribution in [2.75, 3.05) is 23.8 Å². The van der Waals surface area contributed by atoms with Crippen LogP contribution in [0, 0.1) is 5.92 Å². The summed E-state index contributed by atoms with van der Waals surface area (Å²) in [6.45, 7) is 1.21. The van der Waals surface area contributed by atoms with Crippen LogP contribution in [0.1, 0.15) is 12.8 Å². The predicted octanol–water partition coefficient (Wildman–Crippen LogP) is 2.70. The fourth-order valence-electron chi connectivity index (χ4n) is 3.65. The number of aromatic nitrogens is 3. The Kier molecular flexibility index (Phi) is 3.63. The Morgan fingerprint density at radius 2 is 2.22 bits per heavy atom. The molecule has 0 unspecified atom stereocenters. The van der Waals surface area contributed by atoms with Crippen LogP contribution in [0.4, 0.5) is 11.4 Å². The van der Waals surface area contributed by atoms with Crippen molar-refractivity contribution in [3.63, 3.8) is 0 Å². The van der Waals surface area contributed by atoms with Crippen molar-refractivity contribution in [1.29, 1.82) is 0 Å². The second-order valence-corrected chi connectivity index (χ2v) is 6.98. The van der Waals surface area contributed by atoms with Gasteiger partial charge in [-0.15, -0.1) is 0 Å². The van der Waals surface area contributed by atoms with Crippen molar-refractivity contribution in [2.45, 2.75) is 18.9 Å². The number of carbonyl (C=O) groups is 1. The van der Waals surface area contributed by atoms with Crippen LogP contribution in [0.3, 0.4) is 0 Å². The number of aromatic amines is 1. The van der Waals surface area contributed by atoms with Crippen molar-refractivity contribution in [1.82, 2.24) is 15.2 Å². The highest BCUT2D eigenvalue weighted by Gasteiger charge is 2.36. The number of ether oxygens (including phenoxy) is 1. The molecule has 2 aromatic heterocycles. The maximum Gasteiger partial charge on any atom is 0.326 e. The minimum Gasteiger partial charge on any atom is -0.491 e. The molecular formula is C19H19N5O3. The van der Waals surface area contributed by atoms with Gasteiger partial charge in [-0.05, 0) is 30.9 Å². The molecule has 27 heavy (non-hydrogen) atoms. The number of hydrogen-bond donors (Lipinski definition) is 4. The maximum atomic E-state index is 11.6. The fraction of sp³-hybridized carbons (Fsp3) is 0.316. The van der Waals surface area contributed by atoms with Crippen LogP contribution in [-0.4, -0.2) is 45.5 Å². The van der Waals surface area contributed by atoms with E-state index in [2.05, 4.69) is 25.8 Å². The lowest BCUT2D eigenvalue weighted by Gasteiger charge is -2.16. The molecule has 1 aromatic carbocycles. The smallest absolute Gasteiger partial charge is 0.326 e. The van der Waals surface area contributed by atoms with Gasteiger partial charge in [0.1, 0.15) is 18.4 Å². The molecule has 8 nitrogen and oxygen atoms in total. The van der Waals surface area contributed by atoms with Crippen LogP contribution < -0.4 is 15.4 Å². The van der Waals surface area contributed by atoms with Crippen molar-refractivity contribution in [3.8, 4) is 17.0 Å². The molecular weight excluding hydrogens is 346 g/mol. The van der Waals surface area contributed by atoms with Gasteiger partial charge in [0.05, 0.1) is 34.7 Å². The van der Waals surface area contributed by atoms with E-state index in [0.29, 0.717) is 13.2 Å². The lowest BCUT2D eigenvalue weighted by molar-refractivity contribution is -0.138. The van der Waals surface area contributed by atoms with Crippen LogP contribution in [0.15, 0.2) is 30.6 Å². The SMILES string of the molecule is O=C(O)[C@@H](Nc1cc2c3c(c(-c4ccnnc4)[nH]c3c1)NCCO2)C1CC1. The number of benzene rings is 1. The Balaban J connectivity index is 1.62. The normalized spacial score (nSPS) is 16.9. The second-order valence-electron chi connectivity index (χ2n) is 6.98. The molecule has 0 bridgehead atoms. The molecule has 0 radical (unpaired) electrons. The largest absolute Gasteiger partial charge is 0.491 e. The van der Waals surface area contributed by atoms with Crippen molar-refractivity contribution < 1.29 is 14.6 Å². The van der Waals surface area contributed by atoms with E-state index in [1.165, 1.54) is 0 Å². The average molecular weight is 365 g/mol. The number of carboxylic acids is 1. The molecule has 3 aromatic rings. The molecule has 5 rings (SSSR count). The van der Waals surface area contributed by atoms with Crippen LogP contribution in [0.2, 0.25) is 0 Å². The van der Waals surface area contributed by atoms with Gasteiger partial charge in [0.25, 0.3) is 0 Å². The summed E-state index contributed by atoms with van der Waals surface area (Å²) in [5, 5.41) is 24.9. The molecule has 2 aliphatic rings. The summed E-state index contributed by atoms with van der Waals surface area (Å²) < 4.78 is 5.93. The summed E-state index contributed by atoms with van der Waals surface area (Å²) in [6, 6.07) is 5.15. The first kappa shape index (κ1) is 15.9. The number of H-pyrrole nitrogens is 1. The first-order valence-electron chi connectivity index (χ1n) is 9.03. The van der Waals surface area contributed by atoms with Gasteiger partial charge in [0, 0.05) is 23.9 Å². The van der Waals surface area contributed by atoms with E-state index in [-0.39, 0.29) is 5.92 Å². The van der Waals surface area contributed by atoms with E-state index in [1.807, 2.05) is 18.2 Å². The van der Waals surface area contributed by atoms with Crippen LogP contribution in [0.5, 0.6) is 5.75 Å². The molecule has 1 fully saturated rings. The standard InChI is InChI=1S/C19H19N5O3/c25-19(26)17(10-1-2-10)23-12-7-13-15-14(8-12)27-6-5-20-18(15)16(24-13)11-3-4-21-22-9-11/h3-4,7-10,17,20,23-24H,1-2,5-6H2,(H,25,26)/t17-/m0/s1. The summed E-state index contributed by atoms with van der Waals surface area (Å²) >= 11 is 0. The Bertz CT molecular complexity index is 1010. The third kappa shape index (κ3) is 2.83.